The molecule has 1 atom stereocenters. The highest BCUT2D eigenvalue weighted by atomic mass is 79.9. The molecule has 2 nitrogen and oxygen atoms in total. The van der Waals surface area contributed by atoms with Crippen molar-refractivity contribution in [2.24, 2.45) is 0 Å². The van der Waals surface area contributed by atoms with E-state index >= 15 is 0 Å². The number of halogens is 3. The molecule has 0 bridgehead atoms. The number of rotatable bonds is 2. The van der Waals surface area contributed by atoms with Gasteiger partial charge in [0, 0.05) is 14.6 Å². The lowest BCUT2D eigenvalue weighted by atomic mass is 10.2. The van der Waals surface area contributed by atoms with E-state index in [1.54, 1.807) is 0 Å². The van der Waals surface area contributed by atoms with E-state index in [1.807, 2.05) is 31.2 Å². The number of imidazole rings is 1. The van der Waals surface area contributed by atoms with Gasteiger partial charge in [0.2, 0.25) is 0 Å². The Morgan fingerprint density at radius 3 is 2.35 bits per heavy atom. The number of hydrogen-bond acceptors (Lipinski definition) is 1. The number of nitrogens with zero attached hydrogens (tertiary/aromatic N) is 2. The maximum absolute atomic E-state index is 6.30. The summed E-state index contributed by atoms with van der Waals surface area (Å²) in [6.07, 6.45) is 0. The first-order chi connectivity index (χ1) is 9.56. The topological polar surface area (TPSA) is 17.8 Å². The van der Waals surface area contributed by atoms with E-state index in [1.165, 1.54) is 0 Å². The maximum Gasteiger partial charge on any atom is 0.132 e. The van der Waals surface area contributed by atoms with E-state index in [-0.39, 0.29) is 5.38 Å². The summed E-state index contributed by atoms with van der Waals surface area (Å²) < 4.78 is 4.17. The molecule has 3 rings (SSSR count). The Morgan fingerprint density at radius 1 is 1.05 bits per heavy atom. The van der Waals surface area contributed by atoms with Gasteiger partial charge < -0.3 is 0 Å². The van der Waals surface area contributed by atoms with Crippen molar-refractivity contribution in [2.75, 3.05) is 0 Å². The molecule has 2 aromatic carbocycles. The summed E-state index contributed by atoms with van der Waals surface area (Å²) in [4.78, 5) is 4.65. The molecule has 0 aliphatic heterocycles. The Labute approximate surface area is 139 Å². The monoisotopic (exact) mass is 412 g/mol. The van der Waals surface area contributed by atoms with Gasteiger partial charge in [-0.15, -0.1) is 11.6 Å². The number of benzene rings is 2. The van der Waals surface area contributed by atoms with E-state index in [0.29, 0.717) is 0 Å². The first-order valence-corrected chi connectivity index (χ1v) is 8.16. The second kappa shape index (κ2) is 5.51. The average Bonchev–Trinajstić information content (AvgIpc) is 2.78. The van der Waals surface area contributed by atoms with Crippen molar-refractivity contribution in [3.8, 4) is 5.69 Å². The normalized spacial score (nSPS) is 12.8. The second-order valence-electron chi connectivity index (χ2n) is 4.53. The van der Waals surface area contributed by atoms with Gasteiger partial charge in [-0.2, -0.15) is 0 Å². The molecule has 102 valence electrons. The van der Waals surface area contributed by atoms with E-state index < -0.39 is 0 Å². The van der Waals surface area contributed by atoms with Crippen molar-refractivity contribution in [3.05, 3.63) is 57.2 Å². The summed E-state index contributed by atoms with van der Waals surface area (Å²) in [6, 6.07) is 14.2. The molecule has 5 heteroatoms. The van der Waals surface area contributed by atoms with Crippen LogP contribution in [0, 0.1) is 0 Å². The Hall–Kier alpha value is -0.840. The van der Waals surface area contributed by atoms with E-state index in [9.17, 15) is 0 Å². The zero-order valence-corrected chi connectivity index (χ0v) is 14.6. The van der Waals surface area contributed by atoms with Gasteiger partial charge in [0.1, 0.15) is 5.82 Å². The van der Waals surface area contributed by atoms with Gasteiger partial charge in [-0.3, -0.25) is 4.57 Å². The first kappa shape index (κ1) is 14.1. The van der Waals surface area contributed by atoms with Crippen LogP contribution in [0.1, 0.15) is 18.1 Å². The molecule has 1 heterocycles. The van der Waals surface area contributed by atoms with E-state index in [2.05, 4.69) is 59.6 Å². The molecule has 0 aliphatic rings. The Kier molecular flexibility index (Phi) is 3.89. The van der Waals surface area contributed by atoms with Crippen LogP contribution >= 0.6 is 43.5 Å². The highest BCUT2D eigenvalue weighted by Crippen LogP contribution is 2.30. The van der Waals surface area contributed by atoms with Crippen LogP contribution in [0.4, 0.5) is 0 Å². The molecule has 1 aromatic heterocycles. The third kappa shape index (κ3) is 2.52. The zero-order valence-electron chi connectivity index (χ0n) is 10.6. The minimum absolute atomic E-state index is 0.162. The van der Waals surface area contributed by atoms with Crippen LogP contribution in [-0.4, -0.2) is 9.55 Å². The highest BCUT2D eigenvalue weighted by Gasteiger charge is 2.16. The summed E-state index contributed by atoms with van der Waals surface area (Å²) >= 11 is 13.3. The number of fused-ring (bicyclic) bond motifs is 1. The molecule has 3 aromatic rings. The molecular weight excluding hydrogens is 403 g/mol. The summed E-state index contributed by atoms with van der Waals surface area (Å²) in [7, 11) is 0. The molecule has 0 spiro atoms. The smallest absolute Gasteiger partial charge is 0.132 e. The van der Waals surface area contributed by atoms with Gasteiger partial charge in [-0.1, -0.05) is 31.9 Å². The minimum atomic E-state index is -0.162. The largest absolute Gasteiger partial charge is 0.295 e. The minimum Gasteiger partial charge on any atom is -0.295 e. The number of hydrogen-bond donors (Lipinski definition) is 0. The van der Waals surface area contributed by atoms with Crippen LogP contribution in [0.15, 0.2) is 51.4 Å². The highest BCUT2D eigenvalue weighted by molar-refractivity contribution is 9.10. The Bertz CT molecular complexity index is 763. The van der Waals surface area contributed by atoms with Crippen LogP contribution in [0.2, 0.25) is 0 Å². The third-order valence-corrected chi connectivity index (χ3v) is 4.30. The Balaban J connectivity index is 2.33. The summed E-state index contributed by atoms with van der Waals surface area (Å²) in [5.74, 6) is 0.849. The molecule has 0 saturated heterocycles. The quantitative estimate of drug-likeness (QED) is 0.481. The molecule has 0 amide bonds. The van der Waals surface area contributed by atoms with Crippen LogP contribution in [-0.2, 0) is 0 Å². The zero-order chi connectivity index (χ0) is 14.3. The summed E-state index contributed by atoms with van der Waals surface area (Å²) in [6.45, 7) is 1.94. The summed E-state index contributed by atoms with van der Waals surface area (Å²) in [5, 5.41) is -0.162. The van der Waals surface area contributed by atoms with Crippen molar-refractivity contribution >= 4 is 54.5 Å². The molecular formula is C15H11Br2ClN2. The lowest BCUT2D eigenvalue weighted by Gasteiger charge is -2.10. The van der Waals surface area contributed by atoms with Crippen LogP contribution in [0.25, 0.3) is 16.7 Å². The molecule has 1 unspecified atom stereocenters. The van der Waals surface area contributed by atoms with Crippen LogP contribution in [0.5, 0.6) is 0 Å². The van der Waals surface area contributed by atoms with Crippen molar-refractivity contribution in [1.82, 2.24) is 9.55 Å². The molecule has 0 saturated carbocycles. The van der Waals surface area contributed by atoms with E-state index in [4.69, 9.17) is 11.6 Å². The standard InChI is InChI=1S/C15H11Br2ClN2/c1-9(18)15-19-13-7-4-11(17)8-14(13)20(15)12-5-2-10(16)3-6-12/h2-9H,1H3. The van der Waals surface area contributed by atoms with Gasteiger partial charge in [-0.25, -0.2) is 4.98 Å². The van der Waals surface area contributed by atoms with Gasteiger partial charge in [0.25, 0.3) is 0 Å². The fourth-order valence-electron chi connectivity index (χ4n) is 2.20. The SMILES string of the molecule is CC(Cl)c1nc2ccc(Br)cc2n1-c1ccc(Br)cc1. The predicted octanol–water partition coefficient (Wildman–Crippen LogP) is 5.85. The maximum atomic E-state index is 6.30. The predicted molar refractivity (Wildman–Crippen MR) is 90.7 cm³/mol. The lowest BCUT2D eigenvalue weighted by molar-refractivity contribution is 0.882. The van der Waals surface area contributed by atoms with Crippen LogP contribution in [0.3, 0.4) is 0 Å². The second-order valence-corrected chi connectivity index (χ2v) is 7.02. The fourth-order valence-corrected chi connectivity index (χ4v) is 2.96. The van der Waals surface area contributed by atoms with Crippen molar-refractivity contribution in [1.29, 1.82) is 0 Å². The Morgan fingerprint density at radius 2 is 1.70 bits per heavy atom. The van der Waals surface area contributed by atoms with Gasteiger partial charge >= 0.3 is 0 Å². The third-order valence-electron chi connectivity index (χ3n) is 3.08. The van der Waals surface area contributed by atoms with E-state index in [0.717, 1.165) is 31.5 Å². The molecule has 0 fully saturated rings. The molecule has 20 heavy (non-hydrogen) atoms. The van der Waals surface area contributed by atoms with Crippen molar-refractivity contribution in [2.45, 2.75) is 12.3 Å². The van der Waals surface area contributed by atoms with Gasteiger partial charge in [0.15, 0.2) is 0 Å². The lowest BCUT2D eigenvalue weighted by Crippen LogP contribution is -2.01. The van der Waals surface area contributed by atoms with Gasteiger partial charge in [-0.05, 0) is 49.4 Å². The summed E-state index contributed by atoms with van der Waals surface area (Å²) in [5.41, 5.74) is 3.04. The first-order valence-electron chi connectivity index (χ1n) is 6.14. The molecule has 0 aliphatic carbocycles. The average molecular weight is 415 g/mol. The molecule has 0 radical (unpaired) electrons. The van der Waals surface area contributed by atoms with Gasteiger partial charge in [0.05, 0.1) is 16.4 Å². The van der Waals surface area contributed by atoms with Crippen LogP contribution < -0.4 is 0 Å². The fraction of sp³-hybridized carbons (Fsp3) is 0.133. The molecule has 0 N–H and O–H groups in total. The number of alkyl halides is 1. The van der Waals surface area contributed by atoms with Crippen molar-refractivity contribution < 1.29 is 0 Å². The van der Waals surface area contributed by atoms with Crippen molar-refractivity contribution in [3.63, 3.8) is 0 Å². The number of aromatic nitrogens is 2.